The first-order valence-electron chi connectivity index (χ1n) is 8.71. The van der Waals surface area contributed by atoms with Gasteiger partial charge >= 0.3 is 0 Å². The molecule has 0 bridgehead atoms. The van der Waals surface area contributed by atoms with Gasteiger partial charge in [0.05, 0.1) is 4.47 Å². The minimum atomic E-state index is -0.447. The lowest BCUT2D eigenvalue weighted by Crippen LogP contribution is -2.49. The first kappa shape index (κ1) is 20.8. The van der Waals surface area contributed by atoms with Crippen LogP contribution in [0.25, 0.3) is 10.8 Å². The van der Waals surface area contributed by atoms with Gasteiger partial charge < -0.3 is 4.74 Å². The second-order valence-electron chi connectivity index (χ2n) is 6.21. The van der Waals surface area contributed by atoms with E-state index in [1.54, 1.807) is 24.3 Å². The van der Waals surface area contributed by atoms with Crippen LogP contribution in [0.2, 0.25) is 0 Å². The van der Waals surface area contributed by atoms with E-state index in [0.717, 1.165) is 20.8 Å². The highest BCUT2D eigenvalue weighted by Crippen LogP contribution is 2.32. The van der Waals surface area contributed by atoms with Crippen LogP contribution < -0.4 is 20.9 Å². The summed E-state index contributed by atoms with van der Waals surface area (Å²) < 4.78 is 6.35. The molecule has 3 rings (SSSR count). The zero-order valence-corrected chi connectivity index (χ0v) is 17.9. The molecule has 0 fully saturated rings. The van der Waals surface area contributed by atoms with Crippen LogP contribution in [-0.4, -0.2) is 23.5 Å². The molecule has 0 aliphatic rings. The van der Waals surface area contributed by atoms with E-state index < -0.39 is 5.91 Å². The Kier molecular flexibility index (Phi) is 6.79. The van der Waals surface area contributed by atoms with Gasteiger partial charge in [-0.3, -0.25) is 25.8 Å². The first-order chi connectivity index (χ1) is 13.9. The summed E-state index contributed by atoms with van der Waals surface area (Å²) >= 11 is 8.53. The fourth-order valence-electron chi connectivity index (χ4n) is 2.62. The summed E-state index contributed by atoms with van der Waals surface area (Å²) in [5.41, 5.74) is 6.32. The van der Waals surface area contributed by atoms with Crippen molar-refractivity contribution in [1.29, 1.82) is 0 Å². The van der Waals surface area contributed by atoms with Gasteiger partial charge in [0.15, 0.2) is 11.7 Å². The molecule has 3 aromatic rings. The van der Waals surface area contributed by atoms with E-state index in [1.807, 2.05) is 43.3 Å². The first-order valence-corrected chi connectivity index (χ1v) is 9.91. The summed E-state index contributed by atoms with van der Waals surface area (Å²) in [5, 5.41) is 4.54. The largest absolute Gasteiger partial charge is 0.483 e. The number of halogens is 1. The number of hydrogen-bond donors (Lipinski definition) is 3. The second kappa shape index (κ2) is 9.49. The average Bonchev–Trinajstić information content (AvgIpc) is 2.72. The highest BCUT2D eigenvalue weighted by molar-refractivity contribution is 9.10. The van der Waals surface area contributed by atoms with Crippen LogP contribution in [0.1, 0.15) is 15.9 Å². The fourth-order valence-corrected chi connectivity index (χ4v) is 3.38. The van der Waals surface area contributed by atoms with Crippen molar-refractivity contribution in [2.24, 2.45) is 0 Å². The molecule has 6 nitrogen and oxygen atoms in total. The molecule has 3 N–H and O–H groups in total. The molecule has 0 aliphatic heterocycles. The van der Waals surface area contributed by atoms with Crippen molar-refractivity contribution in [3.63, 3.8) is 0 Å². The van der Waals surface area contributed by atoms with Crippen LogP contribution in [-0.2, 0) is 4.79 Å². The van der Waals surface area contributed by atoms with Crippen molar-refractivity contribution >= 4 is 55.8 Å². The van der Waals surface area contributed by atoms with Crippen molar-refractivity contribution in [3.05, 3.63) is 76.3 Å². The molecular formula is C21H18BrN3O3S. The number of rotatable bonds is 4. The van der Waals surface area contributed by atoms with Crippen molar-refractivity contribution in [2.75, 3.05) is 6.61 Å². The number of amides is 2. The normalized spacial score (nSPS) is 10.3. The number of benzene rings is 3. The predicted octanol–water partition coefficient (Wildman–Crippen LogP) is 3.63. The zero-order valence-electron chi connectivity index (χ0n) is 15.5. The van der Waals surface area contributed by atoms with Crippen molar-refractivity contribution < 1.29 is 14.3 Å². The predicted molar refractivity (Wildman–Crippen MR) is 120 cm³/mol. The van der Waals surface area contributed by atoms with E-state index in [9.17, 15) is 9.59 Å². The van der Waals surface area contributed by atoms with Gasteiger partial charge in [0.2, 0.25) is 0 Å². The number of nitrogens with one attached hydrogen (secondary N) is 3. The van der Waals surface area contributed by atoms with Crippen LogP contribution in [0, 0.1) is 6.92 Å². The number of fused-ring (bicyclic) bond motifs is 1. The molecule has 29 heavy (non-hydrogen) atoms. The maximum Gasteiger partial charge on any atom is 0.276 e. The number of hydrazine groups is 1. The van der Waals surface area contributed by atoms with Gasteiger partial charge in [0.1, 0.15) is 5.75 Å². The number of hydrogen-bond acceptors (Lipinski definition) is 4. The highest BCUT2D eigenvalue weighted by Gasteiger charge is 2.11. The lowest BCUT2D eigenvalue weighted by molar-refractivity contribution is -0.123. The lowest BCUT2D eigenvalue weighted by Gasteiger charge is -2.13. The molecule has 0 aromatic heterocycles. The summed E-state index contributed by atoms with van der Waals surface area (Å²) in [5.74, 6) is -0.261. The Balaban J connectivity index is 1.48. The smallest absolute Gasteiger partial charge is 0.276 e. The van der Waals surface area contributed by atoms with Gasteiger partial charge in [-0.2, -0.15) is 0 Å². The molecule has 0 radical (unpaired) electrons. The van der Waals surface area contributed by atoms with Crippen molar-refractivity contribution in [2.45, 2.75) is 6.92 Å². The molecule has 2 amide bonds. The number of aryl methyl sites for hydroxylation is 1. The topological polar surface area (TPSA) is 79.5 Å². The van der Waals surface area contributed by atoms with Gasteiger partial charge in [-0.1, -0.05) is 48.0 Å². The minimum absolute atomic E-state index is 0.0169. The van der Waals surface area contributed by atoms with Gasteiger partial charge in [-0.25, -0.2) is 0 Å². The molecule has 0 atom stereocenters. The molecular weight excluding hydrogens is 454 g/mol. The minimum Gasteiger partial charge on any atom is -0.483 e. The Hall–Kier alpha value is -2.97. The third-order valence-electron chi connectivity index (χ3n) is 4.01. The van der Waals surface area contributed by atoms with Crippen LogP contribution in [0.3, 0.4) is 0 Å². The number of ether oxygens (including phenoxy) is 1. The van der Waals surface area contributed by atoms with Crippen LogP contribution in [0.5, 0.6) is 5.75 Å². The maximum atomic E-state index is 12.1. The van der Waals surface area contributed by atoms with Crippen LogP contribution in [0.15, 0.2) is 65.1 Å². The van der Waals surface area contributed by atoms with Gasteiger partial charge in [0, 0.05) is 5.56 Å². The summed E-state index contributed by atoms with van der Waals surface area (Å²) in [6.07, 6.45) is 0. The molecule has 0 saturated carbocycles. The SMILES string of the molecule is Cc1cccc(C(=O)NC(=S)NNC(=O)COc2ccc3ccccc3c2Br)c1. The number of thiocarbonyl (C=S) groups is 1. The van der Waals surface area contributed by atoms with E-state index in [1.165, 1.54) is 0 Å². The molecule has 8 heteroatoms. The quantitative estimate of drug-likeness (QED) is 0.399. The van der Waals surface area contributed by atoms with E-state index in [-0.39, 0.29) is 17.6 Å². The van der Waals surface area contributed by atoms with Gasteiger partial charge in [-0.05, 0) is 64.0 Å². The molecule has 3 aromatic carbocycles. The molecule has 148 valence electrons. The van der Waals surface area contributed by atoms with Crippen LogP contribution >= 0.6 is 28.1 Å². The third-order valence-corrected chi connectivity index (χ3v) is 5.03. The molecule has 0 spiro atoms. The van der Waals surface area contributed by atoms with Crippen molar-refractivity contribution in [3.8, 4) is 5.75 Å². The van der Waals surface area contributed by atoms with E-state index in [0.29, 0.717) is 11.3 Å². The van der Waals surface area contributed by atoms with Gasteiger partial charge in [-0.15, -0.1) is 0 Å². The van der Waals surface area contributed by atoms with Crippen molar-refractivity contribution in [1.82, 2.24) is 16.2 Å². The monoisotopic (exact) mass is 471 g/mol. The summed E-state index contributed by atoms with van der Waals surface area (Å²) in [7, 11) is 0. The Morgan fingerprint density at radius 3 is 2.62 bits per heavy atom. The standard InChI is InChI=1S/C21H18BrN3O3S/c1-13-5-4-7-15(11-13)20(27)23-21(29)25-24-18(26)12-28-17-10-9-14-6-2-3-8-16(14)19(17)22/h2-11H,12H2,1H3,(H,24,26)(H2,23,25,27,29). The van der Waals surface area contributed by atoms with Gasteiger partial charge in [0.25, 0.3) is 11.8 Å². The zero-order chi connectivity index (χ0) is 20.8. The Bertz CT molecular complexity index is 1090. The second-order valence-corrected chi connectivity index (χ2v) is 7.41. The molecule has 0 saturated heterocycles. The highest BCUT2D eigenvalue weighted by atomic mass is 79.9. The summed E-state index contributed by atoms with van der Waals surface area (Å²) in [4.78, 5) is 24.1. The van der Waals surface area contributed by atoms with E-state index in [4.69, 9.17) is 17.0 Å². The number of carbonyl (C=O) groups is 2. The van der Waals surface area contributed by atoms with E-state index >= 15 is 0 Å². The Morgan fingerprint density at radius 2 is 1.83 bits per heavy atom. The average molecular weight is 472 g/mol. The molecule has 0 heterocycles. The van der Waals surface area contributed by atoms with E-state index in [2.05, 4.69) is 32.1 Å². The Morgan fingerprint density at radius 1 is 1.03 bits per heavy atom. The third kappa shape index (κ3) is 5.52. The molecule has 0 unspecified atom stereocenters. The Labute approximate surface area is 181 Å². The summed E-state index contributed by atoms with van der Waals surface area (Å²) in [6, 6.07) is 18.6. The maximum absolute atomic E-state index is 12.1. The number of carbonyl (C=O) groups excluding carboxylic acids is 2. The fraction of sp³-hybridized carbons (Fsp3) is 0.0952. The lowest BCUT2D eigenvalue weighted by atomic mass is 10.1. The molecule has 0 aliphatic carbocycles. The van der Waals surface area contributed by atoms with Crippen LogP contribution in [0.4, 0.5) is 0 Å². The summed E-state index contributed by atoms with van der Waals surface area (Å²) in [6.45, 7) is 1.67.